The summed E-state index contributed by atoms with van der Waals surface area (Å²) in [5, 5.41) is 51.7. The van der Waals surface area contributed by atoms with E-state index >= 15 is 0 Å². The number of phenols is 1. The van der Waals surface area contributed by atoms with Gasteiger partial charge in [0.15, 0.2) is 0 Å². The fourth-order valence-electron chi connectivity index (χ4n) is 8.26. The Morgan fingerprint density at radius 1 is 0.647 bits per heavy atom. The number of nitrogens with one attached hydrogen (secondary N) is 5. The Morgan fingerprint density at radius 3 is 1.75 bits per heavy atom. The third-order valence-corrected chi connectivity index (χ3v) is 12.0. The lowest BCUT2D eigenvalue weighted by Crippen LogP contribution is -2.61. The third kappa shape index (κ3) is 15.5. The first-order valence-corrected chi connectivity index (χ1v) is 23.0. The average Bonchev–Trinajstić information content (AvgIpc) is 4.00. The summed E-state index contributed by atoms with van der Waals surface area (Å²) in [6.45, 7) is 6.46. The highest BCUT2D eigenvalue weighted by Crippen LogP contribution is 2.23. The summed E-state index contributed by atoms with van der Waals surface area (Å²) >= 11 is 0. The standard InChI is InChI=1S/C47H66N8O13/c1-26(2)22-32(41(61)51-34(24-28-10-6-5-7-11-28)45(65)55-21-9-13-37(55)47(67)68)50-44(64)36-12-8-20-54(36)46(66)39(27(3)4)53-42(62)33(23-29-14-16-30(57)17-15-29)49-43(63)35(25-56)52-40(60)31(48)18-19-38(58)59/h5-7,10-11,14-17,26-27,31-37,39,56-57H,8-9,12-13,18-25,48H2,1-4H3,(H,49,63)(H,50,64)(H,51,61)(H,52,60)(H,53,62)(H,58,59)(H,67,68)/t31-,32-,33-,34-,35-,36-,37-,39-/m0/s1. The van der Waals surface area contributed by atoms with Crippen LogP contribution in [0.2, 0.25) is 0 Å². The molecule has 21 heteroatoms. The normalized spacial score (nSPS) is 18.4. The molecule has 0 radical (unpaired) electrons. The summed E-state index contributed by atoms with van der Waals surface area (Å²) in [7, 11) is 0. The highest BCUT2D eigenvalue weighted by molar-refractivity contribution is 5.98. The van der Waals surface area contributed by atoms with Gasteiger partial charge in [-0.3, -0.25) is 38.4 Å². The molecule has 2 aliphatic rings. The zero-order valence-corrected chi connectivity index (χ0v) is 38.9. The van der Waals surface area contributed by atoms with Gasteiger partial charge in [0, 0.05) is 32.4 Å². The first-order valence-electron chi connectivity index (χ1n) is 23.0. The van der Waals surface area contributed by atoms with Crippen molar-refractivity contribution >= 4 is 53.3 Å². The molecule has 4 rings (SSSR count). The van der Waals surface area contributed by atoms with Gasteiger partial charge in [-0.15, -0.1) is 0 Å². The predicted molar refractivity (Wildman–Crippen MR) is 245 cm³/mol. The number of carbonyl (C=O) groups excluding carboxylic acids is 7. The number of carboxylic acid groups (broad SMARTS) is 2. The van der Waals surface area contributed by atoms with Crippen molar-refractivity contribution in [2.75, 3.05) is 19.7 Å². The van der Waals surface area contributed by atoms with Crippen molar-refractivity contribution in [1.82, 2.24) is 36.4 Å². The van der Waals surface area contributed by atoms with E-state index in [2.05, 4.69) is 26.6 Å². The molecule has 2 aromatic carbocycles. The zero-order valence-electron chi connectivity index (χ0n) is 38.9. The second-order valence-electron chi connectivity index (χ2n) is 18.1. The topological polar surface area (TPSA) is 327 Å². The molecule has 8 atom stereocenters. The fourth-order valence-corrected chi connectivity index (χ4v) is 8.26. The second-order valence-corrected chi connectivity index (χ2v) is 18.1. The van der Waals surface area contributed by atoms with Crippen molar-refractivity contribution in [3.05, 3.63) is 65.7 Å². The Balaban J connectivity index is 1.52. The largest absolute Gasteiger partial charge is 0.508 e. The van der Waals surface area contributed by atoms with E-state index in [1.165, 1.54) is 34.1 Å². The summed E-state index contributed by atoms with van der Waals surface area (Å²) in [5.74, 6) is -8.31. The van der Waals surface area contributed by atoms with Gasteiger partial charge in [-0.25, -0.2) is 4.79 Å². The quantitative estimate of drug-likeness (QED) is 0.0638. The monoisotopic (exact) mass is 950 g/mol. The Morgan fingerprint density at radius 2 is 1.18 bits per heavy atom. The van der Waals surface area contributed by atoms with Gasteiger partial charge < -0.3 is 62.5 Å². The number of phenolic OH excluding ortho intramolecular Hbond substituents is 1. The number of rotatable bonds is 24. The van der Waals surface area contributed by atoms with E-state index in [0.717, 1.165) is 5.56 Å². The maximum Gasteiger partial charge on any atom is 0.326 e. The van der Waals surface area contributed by atoms with E-state index < -0.39 is 121 Å². The number of benzene rings is 2. The van der Waals surface area contributed by atoms with Crippen molar-refractivity contribution in [2.45, 2.75) is 134 Å². The van der Waals surface area contributed by atoms with E-state index in [4.69, 9.17) is 10.8 Å². The van der Waals surface area contributed by atoms with Gasteiger partial charge in [0.25, 0.3) is 0 Å². The molecule has 372 valence electrons. The Kier molecular flexibility index (Phi) is 20.3. The molecule has 0 aliphatic carbocycles. The molecule has 7 amide bonds. The molecule has 0 aromatic heterocycles. The van der Waals surface area contributed by atoms with Gasteiger partial charge in [0.2, 0.25) is 41.4 Å². The minimum absolute atomic E-state index is 0.0623. The zero-order chi connectivity index (χ0) is 50.2. The molecule has 0 bridgehead atoms. The van der Waals surface area contributed by atoms with Crippen LogP contribution in [-0.4, -0.2) is 152 Å². The number of aliphatic hydroxyl groups excluding tert-OH is 1. The van der Waals surface area contributed by atoms with E-state index in [1.54, 1.807) is 44.2 Å². The van der Waals surface area contributed by atoms with Crippen molar-refractivity contribution in [3.63, 3.8) is 0 Å². The molecule has 2 heterocycles. The average molecular weight is 951 g/mol. The molecule has 0 spiro atoms. The van der Waals surface area contributed by atoms with Gasteiger partial charge in [-0.2, -0.15) is 0 Å². The minimum atomic E-state index is -1.61. The first-order chi connectivity index (χ1) is 32.2. The third-order valence-electron chi connectivity index (χ3n) is 12.0. The highest BCUT2D eigenvalue weighted by atomic mass is 16.4. The van der Waals surface area contributed by atoms with Gasteiger partial charge in [-0.05, 0) is 73.6 Å². The molecule has 21 nitrogen and oxygen atoms in total. The van der Waals surface area contributed by atoms with E-state index in [1.807, 2.05) is 13.8 Å². The molecule has 11 N–H and O–H groups in total. The lowest BCUT2D eigenvalue weighted by atomic mass is 9.99. The molecular weight excluding hydrogens is 885 g/mol. The fraction of sp³-hybridized carbons (Fsp3) is 0.553. The van der Waals surface area contributed by atoms with E-state index in [9.17, 15) is 58.5 Å². The lowest BCUT2D eigenvalue weighted by molar-refractivity contribution is -0.149. The van der Waals surface area contributed by atoms with Crippen LogP contribution in [0.1, 0.15) is 83.8 Å². The van der Waals surface area contributed by atoms with Crippen LogP contribution in [0.4, 0.5) is 0 Å². The maximum absolute atomic E-state index is 14.4. The summed E-state index contributed by atoms with van der Waals surface area (Å²) in [4.78, 5) is 123. The number of nitrogens with two attached hydrogens (primary N) is 1. The number of amides is 7. The van der Waals surface area contributed by atoms with Crippen molar-refractivity contribution in [1.29, 1.82) is 0 Å². The summed E-state index contributed by atoms with van der Waals surface area (Å²) in [5.41, 5.74) is 6.98. The van der Waals surface area contributed by atoms with Crippen LogP contribution in [0.3, 0.4) is 0 Å². The molecule has 2 aliphatic heterocycles. The predicted octanol–water partition coefficient (Wildman–Crippen LogP) is -0.445. The lowest BCUT2D eigenvalue weighted by Gasteiger charge is -2.33. The van der Waals surface area contributed by atoms with Crippen LogP contribution >= 0.6 is 0 Å². The number of hydrogen-bond donors (Lipinski definition) is 10. The van der Waals surface area contributed by atoms with Gasteiger partial charge in [0.1, 0.15) is 48.0 Å². The van der Waals surface area contributed by atoms with Crippen molar-refractivity contribution < 1.29 is 63.6 Å². The van der Waals surface area contributed by atoms with Crippen molar-refractivity contribution in [2.24, 2.45) is 17.6 Å². The number of aliphatic hydroxyl groups is 1. The summed E-state index contributed by atoms with van der Waals surface area (Å²) in [6.07, 6.45) is 0.755. The van der Waals surface area contributed by atoms with Crippen LogP contribution in [-0.2, 0) is 56.0 Å². The Labute approximate surface area is 394 Å². The highest BCUT2D eigenvalue weighted by Gasteiger charge is 2.42. The molecule has 0 unspecified atom stereocenters. The number of carboxylic acids is 2. The number of aliphatic carboxylic acids is 2. The molecule has 2 saturated heterocycles. The van der Waals surface area contributed by atoms with E-state index in [-0.39, 0.29) is 63.3 Å². The molecule has 68 heavy (non-hydrogen) atoms. The first kappa shape index (κ1) is 54.0. The minimum Gasteiger partial charge on any atom is -0.508 e. The summed E-state index contributed by atoms with van der Waals surface area (Å²) in [6, 6.07) is 4.66. The molecule has 2 aromatic rings. The van der Waals surface area contributed by atoms with Gasteiger partial charge in [0.05, 0.1) is 12.6 Å². The Hall–Kier alpha value is -6.61. The van der Waals surface area contributed by atoms with Gasteiger partial charge in [-0.1, -0.05) is 70.2 Å². The van der Waals surface area contributed by atoms with Crippen LogP contribution in [0.25, 0.3) is 0 Å². The number of likely N-dealkylation sites (tertiary alicyclic amines) is 2. The Bertz CT molecular complexity index is 2100. The van der Waals surface area contributed by atoms with Crippen LogP contribution in [0.15, 0.2) is 54.6 Å². The smallest absolute Gasteiger partial charge is 0.326 e. The number of aromatic hydroxyl groups is 1. The van der Waals surface area contributed by atoms with Crippen LogP contribution in [0, 0.1) is 11.8 Å². The second kappa shape index (κ2) is 25.5. The number of carbonyl (C=O) groups is 9. The maximum atomic E-state index is 14.4. The molecule has 2 fully saturated rings. The van der Waals surface area contributed by atoms with Crippen LogP contribution < -0.4 is 32.3 Å². The SMILES string of the molecule is CC(C)C[C@H](NC(=O)[C@@H]1CCCN1C(=O)[C@@H](NC(=O)[C@H](Cc1ccc(O)cc1)NC(=O)[C@H](CO)NC(=O)[C@@H](N)CCC(=O)O)C(C)C)C(=O)N[C@@H](Cc1ccccc1)C(=O)N1CCC[C@H]1C(=O)O. The molecule has 0 saturated carbocycles. The van der Waals surface area contributed by atoms with Crippen LogP contribution in [0.5, 0.6) is 5.75 Å². The van der Waals surface area contributed by atoms with Crippen molar-refractivity contribution in [3.8, 4) is 5.75 Å². The summed E-state index contributed by atoms with van der Waals surface area (Å²) < 4.78 is 0. The van der Waals surface area contributed by atoms with E-state index in [0.29, 0.717) is 18.4 Å². The molecular formula is C47H66N8O13. The number of hydrogen-bond acceptors (Lipinski definition) is 12. The van der Waals surface area contributed by atoms with Gasteiger partial charge >= 0.3 is 11.9 Å². The number of nitrogens with zero attached hydrogens (tertiary/aromatic N) is 2.